The van der Waals surface area contributed by atoms with Gasteiger partial charge in [-0.2, -0.15) is 0 Å². The summed E-state index contributed by atoms with van der Waals surface area (Å²) in [4.78, 5) is 37.5. The smallest absolute Gasteiger partial charge is 0.456 e. The first-order chi connectivity index (χ1) is 33.9. The Morgan fingerprint density at radius 1 is 0.529 bits per heavy atom. The molecule has 400 valence electrons. The van der Waals surface area contributed by atoms with Crippen LogP contribution in [0.4, 0.5) is 0 Å². The number of ether oxygens (including phenoxy) is 1. The van der Waals surface area contributed by atoms with Crippen LogP contribution in [0.15, 0.2) is 109 Å². The van der Waals surface area contributed by atoms with E-state index >= 15 is 0 Å². The third-order valence-electron chi connectivity index (χ3n) is 11.5. The molecule has 3 atom stereocenters. The molecule has 0 aliphatic heterocycles. The molecule has 0 aromatic carbocycles. The normalized spacial score (nSPS) is 14.7. The first kappa shape index (κ1) is 66.7. The number of carbonyl (C=O) groups excluding carboxylic acids is 2. The van der Waals surface area contributed by atoms with Crippen LogP contribution in [0, 0.1) is 0 Å². The number of quaternary nitrogens is 1. The van der Waals surface area contributed by atoms with Crippen LogP contribution in [0.3, 0.4) is 0 Å². The van der Waals surface area contributed by atoms with E-state index in [0.717, 1.165) is 89.9 Å². The molecule has 0 aliphatic rings. The fraction of sp³-hybridized carbons (Fsp3) is 0.667. The average molecular weight is 996 g/mol. The molecular weight excluding hydrogens is 892 g/mol. The topological polar surface area (TPSA) is 111 Å². The van der Waals surface area contributed by atoms with Gasteiger partial charge in [-0.3, -0.25) is 18.6 Å². The Bertz CT molecular complexity index is 1570. The van der Waals surface area contributed by atoms with Crippen molar-refractivity contribution < 1.29 is 37.3 Å². The molecule has 0 aromatic heterocycles. The highest BCUT2D eigenvalue weighted by atomic mass is 31.2. The summed E-state index contributed by atoms with van der Waals surface area (Å²) in [5, 5.41) is 3.00. The van der Waals surface area contributed by atoms with Gasteiger partial charge in [0.05, 0.1) is 33.8 Å². The van der Waals surface area contributed by atoms with Gasteiger partial charge >= 0.3 is 13.8 Å². The van der Waals surface area contributed by atoms with Crippen molar-refractivity contribution >= 4 is 19.7 Å². The summed E-state index contributed by atoms with van der Waals surface area (Å²) >= 11 is 0. The predicted molar refractivity (Wildman–Crippen MR) is 300 cm³/mol. The van der Waals surface area contributed by atoms with Gasteiger partial charge in [-0.05, 0) is 89.5 Å². The van der Waals surface area contributed by atoms with E-state index in [1.165, 1.54) is 70.6 Å². The zero-order valence-electron chi connectivity index (χ0n) is 45.5. The second kappa shape index (κ2) is 49.3. The summed E-state index contributed by atoms with van der Waals surface area (Å²) in [5.41, 5.74) is 0. The highest BCUT2D eigenvalue weighted by Crippen LogP contribution is 2.43. The second-order valence-electron chi connectivity index (χ2n) is 19.4. The van der Waals surface area contributed by atoms with Crippen LogP contribution in [-0.2, 0) is 27.9 Å². The maximum atomic E-state index is 13.5. The zero-order valence-corrected chi connectivity index (χ0v) is 46.4. The maximum absolute atomic E-state index is 13.5. The molecule has 0 rings (SSSR count). The number of phosphoric acid groups is 1. The minimum absolute atomic E-state index is 0.0217. The molecular formula is C60H104N2O7P+. The van der Waals surface area contributed by atoms with Crippen molar-refractivity contribution in [3.63, 3.8) is 0 Å². The molecule has 0 spiro atoms. The zero-order chi connectivity index (χ0) is 51.5. The number of allylic oxidation sites excluding steroid dienone is 17. The molecule has 70 heavy (non-hydrogen) atoms. The Balaban J connectivity index is 5.50. The molecule has 9 nitrogen and oxygen atoms in total. The molecule has 3 unspecified atom stereocenters. The summed E-state index contributed by atoms with van der Waals surface area (Å²) in [6.07, 6.45) is 66.6. The van der Waals surface area contributed by atoms with Gasteiger partial charge in [-0.25, -0.2) is 4.57 Å². The molecule has 1 amide bonds. The molecule has 0 aromatic rings. The van der Waals surface area contributed by atoms with Crippen LogP contribution < -0.4 is 5.32 Å². The van der Waals surface area contributed by atoms with Gasteiger partial charge in [-0.15, -0.1) is 0 Å². The van der Waals surface area contributed by atoms with E-state index in [9.17, 15) is 19.0 Å². The van der Waals surface area contributed by atoms with Gasteiger partial charge in [0.15, 0.2) is 0 Å². The fourth-order valence-corrected chi connectivity index (χ4v) is 8.00. The minimum atomic E-state index is -4.47. The minimum Gasteiger partial charge on any atom is -0.456 e. The third-order valence-corrected chi connectivity index (χ3v) is 12.5. The van der Waals surface area contributed by atoms with Crippen molar-refractivity contribution in [2.45, 2.75) is 219 Å². The van der Waals surface area contributed by atoms with Crippen LogP contribution in [0.25, 0.3) is 0 Å². The highest BCUT2D eigenvalue weighted by Gasteiger charge is 2.30. The summed E-state index contributed by atoms with van der Waals surface area (Å²) in [5.74, 6) is -0.597. The molecule has 0 radical (unpaired) electrons. The number of hydrogen-bond donors (Lipinski definition) is 2. The lowest BCUT2D eigenvalue weighted by molar-refractivity contribution is -0.870. The number of unbranched alkanes of at least 4 members (excludes halogenated alkanes) is 18. The molecule has 0 fully saturated rings. The first-order valence-corrected chi connectivity index (χ1v) is 29.2. The van der Waals surface area contributed by atoms with Gasteiger partial charge < -0.3 is 19.4 Å². The van der Waals surface area contributed by atoms with Crippen LogP contribution in [0.5, 0.6) is 0 Å². The molecule has 10 heteroatoms. The Hall–Kier alpha value is -3.33. The standard InChI is InChI=1S/C60H103N2O7P/c1-7-10-13-16-19-22-25-28-30-31-33-34-37-40-43-46-49-52-59(63)61-57(56-68-70(65,66)67-55-54-62(4,5)6)58(51-48-45-42-39-36-27-24-21-18-15-12-9-3)69-60(64)53-50-47-44-41-38-35-32-29-26-23-20-17-14-11-8-2/h10-11,13-14,17,19-20,22-23,26,28,30,33-34,40,43,48,51,57-58H,7-9,12,15-16,18,21,24-25,27,29,31-32,35-39,41-42,44-47,49-50,52-56H2,1-6H3,(H-,61,63,65,66)/p+1/b13-10-,14-11+,20-17+,22-19-,26-23+,30-28-,34-33-,43-40-,51-48+. The van der Waals surface area contributed by atoms with Crippen molar-refractivity contribution in [1.82, 2.24) is 5.32 Å². The van der Waals surface area contributed by atoms with E-state index in [4.69, 9.17) is 13.8 Å². The van der Waals surface area contributed by atoms with Crippen molar-refractivity contribution in [3.05, 3.63) is 109 Å². The van der Waals surface area contributed by atoms with Gasteiger partial charge in [0.2, 0.25) is 5.91 Å². The molecule has 0 saturated carbocycles. The molecule has 0 saturated heterocycles. The van der Waals surface area contributed by atoms with Gasteiger partial charge in [0.25, 0.3) is 0 Å². The summed E-state index contributed by atoms with van der Waals surface area (Å²) in [6, 6.07) is -0.889. The van der Waals surface area contributed by atoms with E-state index in [1.807, 2.05) is 33.3 Å². The number of nitrogens with one attached hydrogen (secondary N) is 1. The Morgan fingerprint density at radius 3 is 1.54 bits per heavy atom. The van der Waals surface area contributed by atoms with Crippen LogP contribution in [0.1, 0.15) is 207 Å². The third kappa shape index (κ3) is 49.6. The van der Waals surface area contributed by atoms with E-state index in [1.54, 1.807) is 0 Å². The molecule has 0 heterocycles. The predicted octanol–water partition coefficient (Wildman–Crippen LogP) is 16.6. The van der Waals surface area contributed by atoms with Gasteiger partial charge in [0.1, 0.15) is 19.3 Å². The number of esters is 1. The Morgan fingerprint density at radius 2 is 1.00 bits per heavy atom. The van der Waals surface area contributed by atoms with Crippen LogP contribution in [0.2, 0.25) is 0 Å². The van der Waals surface area contributed by atoms with Gasteiger partial charge in [0, 0.05) is 12.8 Å². The number of carbonyl (C=O) groups is 2. The SMILES string of the molecule is CC/C=C\C/C=C\C/C=C\C/C=C\C/C=C\CCCC(=O)NC(COP(=O)(O)OCC[N+](C)(C)C)C(/C=C/CCCCCCCCCCCC)OC(=O)CCCCCCCCC/C=C/C=C/C=C/CC. The summed E-state index contributed by atoms with van der Waals surface area (Å²) in [6.45, 7) is 6.68. The lowest BCUT2D eigenvalue weighted by atomic mass is 10.1. The maximum Gasteiger partial charge on any atom is 0.472 e. The number of nitrogens with zero attached hydrogens (tertiary/aromatic N) is 1. The van der Waals surface area contributed by atoms with Crippen molar-refractivity contribution in [2.24, 2.45) is 0 Å². The highest BCUT2D eigenvalue weighted by molar-refractivity contribution is 7.47. The van der Waals surface area contributed by atoms with E-state index < -0.39 is 20.0 Å². The Labute approximate surface area is 430 Å². The quantitative estimate of drug-likeness (QED) is 0.0156. The lowest BCUT2D eigenvalue weighted by Crippen LogP contribution is -2.47. The van der Waals surface area contributed by atoms with Crippen molar-refractivity contribution in [1.29, 1.82) is 0 Å². The Kier molecular flexibility index (Phi) is 46.9. The largest absolute Gasteiger partial charge is 0.472 e. The number of hydrogen-bond acceptors (Lipinski definition) is 6. The molecule has 0 aliphatic carbocycles. The van der Waals surface area contributed by atoms with E-state index in [-0.39, 0.29) is 37.9 Å². The van der Waals surface area contributed by atoms with Crippen molar-refractivity contribution in [3.8, 4) is 0 Å². The molecule has 2 N–H and O–H groups in total. The van der Waals surface area contributed by atoms with Crippen LogP contribution in [-0.4, -0.2) is 74.3 Å². The molecule has 0 bridgehead atoms. The van der Waals surface area contributed by atoms with E-state index in [2.05, 4.69) is 123 Å². The average Bonchev–Trinajstić information content (AvgIpc) is 3.32. The van der Waals surface area contributed by atoms with E-state index in [0.29, 0.717) is 23.9 Å². The number of likely N-dealkylation sites (N-methyl/N-ethyl adjacent to an activating group) is 1. The fourth-order valence-electron chi connectivity index (χ4n) is 7.27. The second-order valence-corrected chi connectivity index (χ2v) is 20.9. The van der Waals surface area contributed by atoms with Crippen molar-refractivity contribution in [2.75, 3.05) is 40.9 Å². The number of phosphoric ester groups is 1. The monoisotopic (exact) mass is 996 g/mol. The summed E-state index contributed by atoms with van der Waals surface area (Å²) in [7, 11) is 1.43. The number of amides is 1. The first-order valence-electron chi connectivity index (χ1n) is 27.7. The van der Waals surface area contributed by atoms with Crippen LogP contribution >= 0.6 is 7.82 Å². The lowest BCUT2D eigenvalue weighted by Gasteiger charge is -2.27. The van der Waals surface area contributed by atoms with Gasteiger partial charge in [-0.1, -0.05) is 214 Å². The number of rotatable bonds is 48. The summed E-state index contributed by atoms with van der Waals surface area (Å²) < 4.78 is 30.5.